The molecule has 0 aliphatic heterocycles. The number of ether oxygens (including phenoxy) is 1. The Labute approximate surface area is 151 Å². The van der Waals surface area contributed by atoms with Crippen molar-refractivity contribution in [3.05, 3.63) is 12.2 Å². The number of guanidine groups is 1. The normalized spacial score (nSPS) is 22.5. The monoisotopic (exact) mass is 423 g/mol. The molecule has 1 saturated carbocycles. The summed E-state index contributed by atoms with van der Waals surface area (Å²) in [4.78, 5) is 16.2. The molecule has 128 valence electrons. The van der Waals surface area contributed by atoms with Crippen molar-refractivity contribution in [3.63, 3.8) is 0 Å². The van der Waals surface area contributed by atoms with E-state index in [0.717, 1.165) is 31.3 Å². The molecule has 3 N–H and O–H groups in total. The van der Waals surface area contributed by atoms with Gasteiger partial charge in [-0.25, -0.2) is 4.99 Å². The van der Waals surface area contributed by atoms with Crippen LogP contribution in [0.2, 0.25) is 0 Å². The average molecular weight is 423 g/mol. The van der Waals surface area contributed by atoms with Crippen molar-refractivity contribution in [1.29, 1.82) is 0 Å². The van der Waals surface area contributed by atoms with Gasteiger partial charge in [-0.2, -0.15) is 0 Å². The largest absolute Gasteiger partial charge is 0.460 e. The highest BCUT2D eigenvalue weighted by Gasteiger charge is 2.29. The molecule has 0 amide bonds. The third-order valence-electron chi connectivity index (χ3n) is 3.34. The number of nitrogens with zero attached hydrogens (tertiary/aromatic N) is 1. The summed E-state index contributed by atoms with van der Waals surface area (Å²) in [6, 6.07) is 0.289. The Hall–Kier alpha value is -0.790. The molecule has 0 atom stereocenters. The van der Waals surface area contributed by atoms with E-state index in [1.165, 1.54) is 0 Å². The lowest BCUT2D eigenvalue weighted by Gasteiger charge is -2.30. The second-order valence-electron chi connectivity index (χ2n) is 6.88. The van der Waals surface area contributed by atoms with Crippen molar-refractivity contribution in [2.24, 2.45) is 16.6 Å². The number of nitrogens with one attached hydrogen (secondary N) is 1. The zero-order valence-electron chi connectivity index (χ0n) is 14.1. The molecule has 6 heteroatoms. The van der Waals surface area contributed by atoms with Crippen molar-refractivity contribution >= 4 is 35.9 Å². The highest BCUT2D eigenvalue weighted by atomic mass is 127. The maximum absolute atomic E-state index is 12.0. The van der Waals surface area contributed by atoms with Crippen molar-refractivity contribution in [3.8, 4) is 0 Å². The Morgan fingerprint density at radius 3 is 2.32 bits per heavy atom. The van der Waals surface area contributed by atoms with Gasteiger partial charge in [0.25, 0.3) is 0 Å². The molecule has 1 aliphatic carbocycles. The van der Waals surface area contributed by atoms with E-state index in [9.17, 15) is 4.79 Å². The molecule has 0 spiro atoms. The minimum atomic E-state index is -0.411. The van der Waals surface area contributed by atoms with Crippen LogP contribution in [0.1, 0.15) is 53.4 Å². The van der Waals surface area contributed by atoms with Crippen LogP contribution < -0.4 is 11.1 Å². The quantitative estimate of drug-likeness (QED) is 0.240. The molecule has 0 aromatic carbocycles. The smallest absolute Gasteiger partial charge is 0.309 e. The number of aliphatic imine (C=N–C) groups is 1. The standard InChI is InChI=1S/C16H29N3O2.HI/c1-11(2)10-18-15(17)19-13-8-6-12(7-9-13)14(20)21-16(3,4)5;/h12-13H,1,6-10H2,2-5H3,(H3,17,18,19);1H. The van der Waals surface area contributed by atoms with Crippen LogP contribution in [0.5, 0.6) is 0 Å². The summed E-state index contributed by atoms with van der Waals surface area (Å²) < 4.78 is 5.44. The van der Waals surface area contributed by atoms with Crippen LogP contribution in [0.15, 0.2) is 17.1 Å². The SMILES string of the molecule is C=C(C)CN=C(N)NC1CCC(C(=O)OC(C)(C)C)CC1.I. The molecule has 1 fully saturated rings. The molecule has 0 saturated heterocycles. The highest BCUT2D eigenvalue weighted by molar-refractivity contribution is 14.0. The Morgan fingerprint density at radius 2 is 1.86 bits per heavy atom. The maximum atomic E-state index is 12.0. The molecule has 0 aromatic heterocycles. The molecular weight excluding hydrogens is 393 g/mol. The summed E-state index contributed by atoms with van der Waals surface area (Å²) in [7, 11) is 0. The summed E-state index contributed by atoms with van der Waals surface area (Å²) in [5.74, 6) is 0.388. The number of carbonyl (C=O) groups is 1. The van der Waals surface area contributed by atoms with E-state index >= 15 is 0 Å². The number of nitrogens with two attached hydrogens (primary N) is 1. The van der Waals surface area contributed by atoms with Crippen LogP contribution >= 0.6 is 24.0 Å². The third kappa shape index (κ3) is 8.60. The van der Waals surface area contributed by atoms with E-state index < -0.39 is 5.60 Å². The van der Waals surface area contributed by atoms with E-state index in [-0.39, 0.29) is 41.9 Å². The third-order valence-corrected chi connectivity index (χ3v) is 3.34. The molecule has 1 aliphatic rings. The van der Waals surface area contributed by atoms with Crippen molar-refractivity contribution in [1.82, 2.24) is 5.32 Å². The van der Waals surface area contributed by atoms with Crippen molar-refractivity contribution < 1.29 is 9.53 Å². The van der Waals surface area contributed by atoms with Gasteiger partial charge in [-0.05, 0) is 53.4 Å². The van der Waals surface area contributed by atoms with Gasteiger partial charge in [0.15, 0.2) is 5.96 Å². The van der Waals surface area contributed by atoms with Gasteiger partial charge in [-0.1, -0.05) is 12.2 Å². The van der Waals surface area contributed by atoms with Gasteiger partial charge in [-0.15, -0.1) is 24.0 Å². The lowest BCUT2D eigenvalue weighted by atomic mass is 9.86. The zero-order chi connectivity index (χ0) is 16.0. The van der Waals surface area contributed by atoms with Crippen LogP contribution in [0.3, 0.4) is 0 Å². The maximum Gasteiger partial charge on any atom is 0.309 e. The van der Waals surface area contributed by atoms with E-state index in [1.807, 2.05) is 27.7 Å². The lowest BCUT2D eigenvalue weighted by Crippen LogP contribution is -2.43. The van der Waals surface area contributed by atoms with Gasteiger partial charge < -0.3 is 15.8 Å². The average Bonchev–Trinajstić information content (AvgIpc) is 2.35. The summed E-state index contributed by atoms with van der Waals surface area (Å²) in [6.07, 6.45) is 3.49. The molecule has 22 heavy (non-hydrogen) atoms. The fourth-order valence-electron chi connectivity index (χ4n) is 2.33. The van der Waals surface area contributed by atoms with Crippen LogP contribution in [-0.4, -0.2) is 30.1 Å². The van der Waals surface area contributed by atoms with E-state index in [2.05, 4.69) is 16.9 Å². The van der Waals surface area contributed by atoms with E-state index in [1.54, 1.807) is 0 Å². The fourth-order valence-corrected chi connectivity index (χ4v) is 2.33. The van der Waals surface area contributed by atoms with Crippen molar-refractivity contribution in [2.75, 3.05) is 6.54 Å². The molecule has 0 aromatic rings. The summed E-state index contributed by atoms with van der Waals surface area (Å²) >= 11 is 0. The molecule has 0 bridgehead atoms. The lowest BCUT2D eigenvalue weighted by molar-refractivity contribution is -0.161. The zero-order valence-corrected chi connectivity index (χ0v) is 16.5. The number of carbonyl (C=O) groups excluding carboxylic acids is 1. The summed E-state index contributed by atoms with van der Waals surface area (Å²) in [5.41, 5.74) is 6.41. The van der Waals surface area contributed by atoms with Crippen molar-refractivity contribution in [2.45, 2.75) is 65.0 Å². The number of halogens is 1. The van der Waals surface area contributed by atoms with Crippen LogP contribution in [0.25, 0.3) is 0 Å². The van der Waals surface area contributed by atoms with Gasteiger partial charge in [0.05, 0.1) is 12.5 Å². The molecule has 0 radical (unpaired) electrons. The first-order valence-corrected chi connectivity index (χ1v) is 7.61. The second-order valence-corrected chi connectivity index (χ2v) is 6.88. The second kappa shape index (κ2) is 9.37. The summed E-state index contributed by atoms with van der Waals surface area (Å²) in [6.45, 7) is 12.0. The van der Waals surface area contributed by atoms with Gasteiger partial charge in [0.1, 0.15) is 5.60 Å². The highest BCUT2D eigenvalue weighted by Crippen LogP contribution is 2.26. The van der Waals surface area contributed by atoms with Crippen LogP contribution in [0, 0.1) is 5.92 Å². The molecular formula is C16H30IN3O2. The first-order valence-electron chi connectivity index (χ1n) is 7.61. The summed E-state index contributed by atoms with van der Waals surface area (Å²) in [5, 5.41) is 3.22. The first-order chi connectivity index (χ1) is 9.67. The minimum absolute atomic E-state index is 0. The predicted molar refractivity (Wildman–Crippen MR) is 101 cm³/mol. The van der Waals surface area contributed by atoms with E-state index in [4.69, 9.17) is 10.5 Å². The van der Waals surface area contributed by atoms with Crippen LogP contribution in [-0.2, 0) is 9.53 Å². The van der Waals surface area contributed by atoms with Crippen LogP contribution in [0.4, 0.5) is 0 Å². The van der Waals surface area contributed by atoms with Gasteiger partial charge in [0.2, 0.25) is 0 Å². The molecule has 0 heterocycles. The Kier molecular flexibility index (Phi) is 9.04. The Balaban J connectivity index is 0.00000441. The minimum Gasteiger partial charge on any atom is -0.460 e. The fraction of sp³-hybridized carbons (Fsp3) is 0.750. The number of rotatable bonds is 4. The number of hydrogen-bond acceptors (Lipinski definition) is 3. The topological polar surface area (TPSA) is 76.7 Å². The molecule has 0 unspecified atom stereocenters. The number of esters is 1. The number of hydrogen-bond donors (Lipinski definition) is 2. The first kappa shape index (κ1) is 21.2. The Morgan fingerprint density at radius 1 is 1.32 bits per heavy atom. The Bertz CT molecular complexity index is 408. The van der Waals surface area contributed by atoms with Gasteiger partial charge in [0, 0.05) is 6.04 Å². The van der Waals surface area contributed by atoms with Gasteiger partial charge >= 0.3 is 5.97 Å². The molecule has 5 nitrogen and oxygen atoms in total. The van der Waals surface area contributed by atoms with E-state index in [0.29, 0.717) is 12.5 Å². The van der Waals surface area contributed by atoms with Gasteiger partial charge in [-0.3, -0.25) is 4.79 Å². The predicted octanol–water partition coefficient (Wildman–Crippen LogP) is 2.99. The molecule has 1 rings (SSSR count).